The molecule has 0 spiro atoms. The van der Waals surface area contributed by atoms with E-state index in [1.165, 1.54) is 0 Å². The zero-order valence-corrected chi connectivity index (χ0v) is 16.6. The molecule has 0 saturated carbocycles. The predicted molar refractivity (Wildman–Crippen MR) is 109 cm³/mol. The summed E-state index contributed by atoms with van der Waals surface area (Å²) in [7, 11) is 0. The van der Waals surface area contributed by atoms with E-state index in [1.807, 2.05) is 48.8 Å². The van der Waals surface area contributed by atoms with Crippen molar-refractivity contribution < 1.29 is 9.59 Å². The number of nitrogens with zero attached hydrogens (tertiary/aromatic N) is 2. The Morgan fingerprint density at radius 1 is 1.14 bits per heavy atom. The maximum Gasteiger partial charge on any atom is 0.251 e. The van der Waals surface area contributed by atoms with Crippen molar-refractivity contribution >= 4 is 29.1 Å². The van der Waals surface area contributed by atoms with Gasteiger partial charge in [0.05, 0.1) is 5.69 Å². The van der Waals surface area contributed by atoms with Crippen LogP contribution in [0.4, 0.5) is 0 Å². The van der Waals surface area contributed by atoms with Crippen LogP contribution in [0.3, 0.4) is 0 Å². The summed E-state index contributed by atoms with van der Waals surface area (Å²) in [6.07, 6.45) is 4.50. The molecule has 6 nitrogen and oxygen atoms in total. The standard InChI is InChI=1S/C21H23ClN4O2/c1-14(2)19(25-20(27)15-6-8-16(22)9-7-15)21(28)23-11-10-17-13-26-12-4-3-5-18(26)24-17/h3-9,12-14,19H,10-11H2,1-2H3,(H,23,28)(H,25,27)/t19-/m0/s1. The van der Waals surface area contributed by atoms with Gasteiger partial charge in [0.1, 0.15) is 11.7 Å². The Balaban J connectivity index is 1.56. The molecule has 2 heterocycles. The Bertz CT molecular complexity index is 933. The van der Waals surface area contributed by atoms with Crippen molar-refractivity contribution in [3.63, 3.8) is 0 Å². The Hall–Kier alpha value is -2.86. The van der Waals surface area contributed by atoms with Crippen LogP contribution in [0.2, 0.25) is 5.02 Å². The molecule has 1 aromatic carbocycles. The molecule has 0 aliphatic heterocycles. The molecule has 0 bridgehead atoms. The number of rotatable bonds is 7. The molecular formula is C21H23ClN4O2. The average Bonchev–Trinajstić information content (AvgIpc) is 3.08. The molecule has 7 heteroatoms. The van der Waals surface area contributed by atoms with E-state index >= 15 is 0 Å². The van der Waals surface area contributed by atoms with Crippen molar-refractivity contribution in [2.45, 2.75) is 26.3 Å². The third-order valence-electron chi connectivity index (χ3n) is 4.44. The number of fused-ring (bicyclic) bond motifs is 1. The van der Waals surface area contributed by atoms with Crippen molar-refractivity contribution in [1.29, 1.82) is 0 Å². The van der Waals surface area contributed by atoms with Crippen molar-refractivity contribution in [2.24, 2.45) is 5.92 Å². The number of carbonyl (C=O) groups is 2. The van der Waals surface area contributed by atoms with E-state index in [1.54, 1.807) is 24.3 Å². The number of hydrogen-bond donors (Lipinski definition) is 2. The second-order valence-corrected chi connectivity index (χ2v) is 7.38. The molecular weight excluding hydrogens is 376 g/mol. The van der Waals surface area contributed by atoms with Crippen LogP contribution in [0.25, 0.3) is 5.65 Å². The van der Waals surface area contributed by atoms with Gasteiger partial charge < -0.3 is 15.0 Å². The monoisotopic (exact) mass is 398 g/mol. The van der Waals surface area contributed by atoms with Gasteiger partial charge in [-0.05, 0) is 42.3 Å². The fourth-order valence-electron chi connectivity index (χ4n) is 2.89. The smallest absolute Gasteiger partial charge is 0.251 e. The van der Waals surface area contributed by atoms with Gasteiger partial charge in [-0.25, -0.2) is 4.98 Å². The molecule has 0 aliphatic carbocycles. The predicted octanol–water partition coefficient (Wildman–Crippen LogP) is 3.10. The number of imidazole rings is 1. The summed E-state index contributed by atoms with van der Waals surface area (Å²) >= 11 is 5.85. The van der Waals surface area contributed by atoms with Crippen molar-refractivity contribution in [3.05, 3.63) is 71.1 Å². The normalized spacial score (nSPS) is 12.1. The van der Waals surface area contributed by atoms with Gasteiger partial charge in [-0.15, -0.1) is 0 Å². The first-order valence-electron chi connectivity index (χ1n) is 9.21. The molecule has 146 valence electrons. The topological polar surface area (TPSA) is 75.5 Å². The number of benzene rings is 1. The number of pyridine rings is 1. The summed E-state index contributed by atoms with van der Waals surface area (Å²) in [4.78, 5) is 29.5. The van der Waals surface area contributed by atoms with Gasteiger partial charge in [0.25, 0.3) is 5.91 Å². The molecule has 0 radical (unpaired) electrons. The summed E-state index contributed by atoms with van der Waals surface area (Å²) in [6, 6.07) is 11.8. The van der Waals surface area contributed by atoms with E-state index in [0.29, 0.717) is 23.6 Å². The quantitative estimate of drug-likeness (QED) is 0.642. The largest absolute Gasteiger partial charge is 0.354 e. The Kier molecular flexibility index (Phi) is 6.31. The van der Waals surface area contributed by atoms with E-state index in [-0.39, 0.29) is 17.7 Å². The first kappa shape index (κ1) is 19.9. The zero-order valence-electron chi connectivity index (χ0n) is 15.9. The van der Waals surface area contributed by atoms with E-state index in [2.05, 4.69) is 15.6 Å². The summed E-state index contributed by atoms with van der Waals surface area (Å²) in [5, 5.41) is 6.26. The van der Waals surface area contributed by atoms with Crippen LogP contribution in [0.1, 0.15) is 29.9 Å². The van der Waals surface area contributed by atoms with E-state index < -0.39 is 6.04 Å². The van der Waals surface area contributed by atoms with Crippen LogP contribution in [0.5, 0.6) is 0 Å². The molecule has 3 rings (SSSR count). The molecule has 0 fully saturated rings. The van der Waals surface area contributed by atoms with Crippen molar-refractivity contribution in [1.82, 2.24) is 20.0 Å². The average molecular weight is 399 g/mol. The molecule has 2 N–H and O–H groups in total. The number of halogens is 1. The molecule has 0 unspecified atom stereocenters. The number of aromatic nitrogens is 2. The second-order valence-electron chi connectivity index (χ2n) is 6.94. The lowest BCUT2D eigenvalue weighted by atomic mass is 10.0. The highest BCUT2D eigenvalue weighted by atomic mass is 35.5. The van der Waals surface area contributed by atoms with Crippen LogP contribution < -0.4 is 10.6 Å². The Morgan fingerprint density at radius 3 is 2.57 bits per heavy atom. The summed E-state index contributed by atoms with van der Waals surface area (Å²) in [5.74, 6) is -0.557. The van der Waals surface area contributed by atoms with Gasteiger partial charge in [0, 0.05) is 35.9 Å². The molecule has 3 aromatic rings. The van der Waals surface area contributed by atoms with Gasteiger partial charge >= 0.3 is 0 Å². The van der Waals surface area contributed by atoms with Crippen LogP contribution >= 0.6 is 11.6 Å². The summed E-state index contributed by atoms with van der Waals surface area (Å²) in [5.41, 5.74) is 2.24. The highest BCUT2D eigenvalue weighted by molar-refractivity contribution is 6.30. The van der Waals surface area contributed by atoms with E-state index in [4.69, 9.17) is 11.6 Å². The maximum atomic E-state index is 12.6. The lowest BCUT2D eigenvalue weighted by Crippen LogP contribution is -2.50. The lowest BCUT2D eigenvalue weighted by molar-refractivity contribution is -0.123. The van der Waals surface area contributed by atoms with E-state index in [9.17, 15) is 9.59 Å². The lowest BCUT2D eigenvalue weighted by Gasteiger charge is -2.21. The van der Waals surface area contributed by atoms with Gasteiger partial charge in [-0.3, -0.25) is 9.59 Å². The second kappa shape index (κ2) is 8.89. The summed E-state index contributed by atoms with van der Waals surface area (Å²) < 4.78 is 1.94. The van der Waals surface area contributed by atoms with Crippen molar-refractivity contribution in [2.75, 3.05) is 6.54 Å². The Labute approximate surface area is 168 Å². The van der Waals surface area contributed by atoms with Crippen molar-refractivity contribution in [3.8, 4) is 0 Å². The first-order valence-corrected chi connectivity index (χ1v) is 9.58. The molecule has 28 heavy (non-hydrogen) atoms. The fourth-order valence-corrected chi connectivity index (χ4v) is 3.02. The maximum absolute atomic E-state index is 12.6. The van der Waals surface area contributed by atoms with Crippen LogP contribution in [-0.2, 0) is 11.2 Å². The minimum atomic E-state index is -0.621. The third kappa shape index (κ3) is 4.89. The van der Waals surface area contributed by atoms with Crippen LogP contribution in [-0.4, -0.2) is 33.8 Å². The minimum absolute atomic E-state index is 0.0496. The van der Waals surface area contributed by atoms with Gasteiger partial charge in [0.15, 0.2) is 0 Å². The van der Waals surface area contributed by atoms with Crippen LogP contribution in [0, 0.1) is 5.92 Å². The molecule has 1 atom stereocenters. The SMILES string of the molecule is CC(C)[C@H](NC(=O)c1ccc(Cl)cc1)C(=O)NCCc1cn2ccccc2n1. The van der Waals surface area contributed by atoms with E-state index in [0.717, 1.165) is 11.3 Å². The summed E-state index contributed by atoms with van der Waals surface area (Å²) in [6.45, 7) is 4.24. The number of carbonyl (C=O) groups excluding carboxylic acids is 2. The number of nitrogens with one attached hydrogen (secondary N) is 2. The highest BCUT2D eigenvalue weighted by Gasteiger charge is 2.24. The number of hydrogen-bond acceptors (Lipinski definition) is 3. The molecule has 0 saturated heterocycles. The zero-order chi connectivity index (χ0) is 20.1. The Morgan fingerprint density at radius 2 is 1.89 bits per heavy atom. The molecule has 2 aromatic heterocycles. The van der Waals surface area contributed by atoms with Gasteiger partial charge in [-0.2, -0.15) is 0 Å². The van der Waals surface area contributed by atoms with Crippen LogP contribution in [0.15, 0.2) is 54.9 Å². The highest BCUT2D eigenvalue weighted by Crippen LogP contribution is 2.11. The van der Waals surface area contributed by atoms with Gasteiger partial charge in [-0.1, -0.05) is 31.5 Å². The fraction of sp³-hybridized carbons (Fsp3) is 0.286. The first-order chi connectivity index (χ1) is 13.4. The van der Waals surface area contributed by atoms with Gasteiger partial charge in [0.2, 0.25) is 5.91 Å². The third-order valence-corrected chi connectivity index (χ3v) is 4.69. The molecule has 0 aliphatic rings. The minimum Gasteiger partial charge on any atom is -0.354 e. The molecule has 2 amide bonds. The number of amides is 2.